The minimum atomic E-state index is -0.470. The highest BCUT2D eigenvalue weighted by Gasteiger charge is 2.18. The molecule has 0 amide bonds. The maximum absolute atomic E-state index is 11.5. The number of ether oxygens (including phenoxy) is 1. The van der Waals surface area contributed by atoms with E-state index in [1.165, 1.54) is 0 Å². The highest BCUT2D eigenvalue weighted by atomic mass is 16.5. The molecule has 0 aliphatic heterocycles. The number of nitrogens with zero attached hydrogens (tertiary/aromatic N) is 2. The molecular weight excluding hydrogens is 196 g/mol. The van der Waals surface area contributed by atoms with Crippen molar-refractivity contribution < 1.29 is 9.53 Å². The summed E-state index contributed by atoms with van der Waals surface area (Å²) in [5, 5.41) is 10.1. The van der Waals surface area contributed by atoms with Gasteiger partial charge in [-0.05, 0) is 13.0 Å². The van der Waals surface area contributed by atoms with Gasteiger partial charge < -0.3 is 9.72 Å². The highest BCUT2D eigenvalue weighted by molar-refractivity contribution is 5.93. The minimum absolute atomic E-state index is 0.205. The van der Waals surface area contributed by atoms with Crippen molar-refractivity contribution in [2.75, 3.05) is 6.61 Å². The Kier molecular flexibility index (Phi) is 2.49. The van der Waals surface area contributed by atoms with E-state index < -0.39 is 5.97 Å². The molecule has 0 saturated heterocycles. The Labute approximate surface area is 85.7 Å². The average Bonchev–Trinajstić information content (AvgIpc) is 2.88. The largest absolute Gasteiger partial charge is 0.461 e. The van der Waals surface area contributed by atoms with Gasteiger partial charge in [0.25, 0.3) is 0 Å². The van der Waals surface area contributed by atoms with Crippen LogP contribution in [-0.4, -0.2) is 33.0 Å². The van der Waals surface area contributed by atoms with Gasteiger partial charge in [-0.1, -0.05) is 0 Å². The van der Waals surface area contributed by atoms with Crippen molar-refractivity contribution in [3.8, 4) is 11.3 Å². The second kappa shape index (κ2) is 3.95. The summed E-state index contributed by atoms with van der Waals surface area (Å²) in [6, 6.07) is 1.81. The fourth-order valence-corrected chi connectivity index (χ4v) is 1.25. The molecule has 0 bridgehead atoms. The summed E-state index contributed by atoms with van der Waals surface area (Å²) in [6.07, 6.45) is 3.49. The number of aromatic nitrogens is 4. The van der Waals surface area contributed by atoms with E-state index in [-0.39, 0.29) is 5.69 Å². The van der Waals surface area contributed by atoms with Crippen LogP contribution in [0.5, 0.6) is 0 Å². The second-order valence-corrected chi connectivity index (χ2v) is 2.84. The van der Waals surface area contributed by atoms with Gasteiger partial charge in [0.05, 0.1) is 6.61 Å². The summed E-state index contributed by atoms with van der Waals surface area (Å²) < 4.78 is 4.85. The molecule has 6 heteroatoms. The van der Waals surface area contributed by atoms with Gasteiger partial charge in [-0.15, -0.1) is 5.10 Å². The summed E-state index contributed by atoms with van der Waals surface area (Å²) >= 11 is 0. The summed E-state index contributed by atoms with van der Waals surface area (Å²) in [4.78, 5) is 14.3. The summed E-state index contributed by atoms with van der Waals surface area (Å²) in [5.41, 5.74) is 1.50. The number of rotatable bonds is 3. The van der Waals surface area contributed by atoms with Crippen molar-refractivity contribution in [1.29, 1.82) is 0 Å². The van der Waals surface area contributed by atoms with E-state index in [1.807, 2.05) is 0 Å². The van der Waals surface area contributed by atoms with E-state index in [1.54, 1.807) is 25.4 Å². The Morgan fingerprint density at radius 1 is 1.53 bits per heavy atom. The van der Waals surface area contributed by atoms with E-state index in [0.717, 1.165) is 5.56 Å². The molecule has 2 aromatic heterocycles. The molecule has 15 heavy (non-hydrogen) atoms. The number of carbonyl (C=O) groups excluding carboxylic acids is 1. The first-order valence-corrected chi connectivity index (χ1v) is 4.54. The molecule has 0 atom stereocenters. The first-order chi connectivity index (χ1) is 7.33. The second-order valence-electron chi connectivity index (χ2n) is 2.84. The zero-order chi connectivity index (χ0) is 10.7. The number of hydrogen-bond acceptors (Lipinski definition) is 4. The maximum atomic E-state index is 11.5. The molecule has 0 spiro atoms. The van der Waals surface area contributed by atoms with Crippen LogP contribution >= 0.6 is 0 Å². The topological polar surface area (TPSA) is 83.7 Å². The van der Waals surface area contributed by atoms with Gasteiger partial charge in [-0.25, -0.2) is 4.79 Å². The van der Waals surface area contributed by atoms with Crippen molar-refractivity contribution in [3.05, 3.63) is 24.2 Å². The van der Waals surface area contributed by atoms with Crippen molar-refractivity contribution in [2.45, 2.75) is 6.92 Å². The summed E-state index contributed by atoms with van der Waals surface area (Å²) in [5.74, 6) is -0.470. The van der Waals surface area contributed by atoms with E-state index in [2.05, 4.69) is 20.4 Å². The molecular formula is C9H10N4O2. The third-order valence-corrected chi connectivity index (χ3v) is 1.89. The number of nitrogens with one attached hydrogen (secondary N) is 2. The van der Waals surface area contributed by atoms with E-state index >= 15 is 0 Å². The normalized spacial score (nSPS) is 10.2. The number of aromatic amines is 2. The zero-order valence-corrected chi connectivity index (χ0v) is 8.15. The molecule has 0 saturated carbocycles. The van der Waals surface area contributed by atoms with Gasteiger partial charge in [0.15, 0.2) is 5.69 Å². The summed E-state index contributed by atoms with van der Waals surface area (Å²) in [6.45, 7) is 2.06. The quantitative estimate of drug-likeness (QED) is 0.733. The highest BCUT2D eigenvalue weighted by Crippen LogP contribution is 2.18. The zero-order valence-electron chi connectivity index (χ0n) is 8.15. The lowest BCUT2D eigenvalue weighted by molar-refractivity contribution is 0.0520. The Hall–Kier alpha value is -2.11. The van der Waals surface area contributed by atoms with Crippen molar-refractivity contribution in [1.82, 2.24) is 20.4 Å². The number of H-pyrrole nitrogens is 2. The van der Waals surface area contributed by atoms with E-state index in [0.29, 0.717) is 12.3 Å². The third kappa shape index (κ3) is 1.74. The fraction of sp³-hybridized carbons (Fsp3) is 0.222. The molecule has 78 valence electrons. The molecule has 0 unspecified atom stereocenters. The van der Waals surface area contributed by atoms with Crippen molar-refractivity contribution >= 4 is 5.97 Å². The monoisotopic (exact) mass is 206 g/mol. The molecule has 0 aliphatic carbocycles. The lowest BCUT2D eigenvalue weighted by atomic mass is 10.2. The Balaban J connectivity index is 2.34. The third-order valence-electron chi connectivity index (χ3n) is 1.89. The lowest BCUT2D eigenvalue weighted by Gasteiger charge is -1.98. The molecule has 0 fully saturated rings. The Bertz CT molecular complexity index is 446. The molecule has 0 radical (unpaired) electrons. The van der Waals surface area contributed by atoms with Crippen LogP contribution in [0.4, 0.5) is 0 Å². The summed E-state index contributed by atoms with van der Waals surface area (Å²) in [7, 11) is 0. The SMILES string of the molecule is CCOC(=O)c1n[nH]nc1-c1cc[nH]c1. The standard InChI is InChI=1S/C9H10N4O2/c1-2-15-9(14)8-7(11-13-12-8)6-3-4-10-5-6/h3-5,10H,2H2,1H3,(H,11,12,13). The van der Waals surface area contributed by atoms with Crippen LogP contribution in [0, 0.1) is 0 Å². The van der Waals surface area contributed by atoms with Gasteiger partial charge in [0.1, 0.15) is 5.69 Å². The van der Waals surface area contributed by atoms with Crippen molar-refractivity contribution in [3.63, 3.8) is 0 Å². The molecule has 2 heterocycles. The number of carbonyl (C=O) groups is 1. The van der Waals surface area contributed by atoms with Gasteiger partial charge in [-0.3, -0.25) is 0 Å². The Morgan fingerprint density at radius 2 is 2.40 bits per heavy atom. The first kappa shape index (κ1) is 9.45. The van der Waals surface area contributed by atoms with Crippen LogP contribution in [0.15, 0.2) is 18.5 Å². The Morgan fingerprint density at radius 3 is 3.07 bits per heavy atom. The predicted octanol–water partition coefficient (Wildman–Crippen LogP) is 0.976. The van der Waals surface area contributed by atoms with E-state index in [9.17, 15) is 4.79 Å². The van der Waals surface area contributed by atoms with Gasteiger partial charge in [-0.2, -0.15) is 10.3 Å². The van der Waals surface area contributed by atoms with Crippen molar-refractivity contribution in [2.24, 2.45) is 0 Å². The number of hydrogen-bond donors (Lipinski definition) is 2. The van der Waals surface area contributed by atoms with Crippen LogP contribution < -0.4 is 0 Å². The smallest absolute Gasteiger partial charge is 0.361 e. The first-order valence-electron chi connectivity index (χ1n) is 4.54. The molecule has 2 N–H and O–H groups in total. The van der Waals surface area contributed by atoms with Crippen LogP contribution in [0.2, 0.25) is 0 Å². The average molecular weight is 206 g/mol. The minimum Gasteiger partial charge on any atom is -0.461 e. The van der Waals surface area contributed by atoms with Gasteiger partial charge in [0.2, 0.25) is 0 Å². The van der Waals surface area contributed by atoms with Crippen LogP contribution in [0.1, 0.15) is 17.4 Å². The molecule has 2 aromatic rings. The van der Waals surface area contributed by atoms with Crippen LogP contribution in [0.3, 0.4) is 0 Å². The number of esters is 1. The molecule has 6 nitrogen and oxygen atoms in total. The molecule has 2 rings (SSSR count). The maximum Gasteiger partial charge on any atom is 0.361 e. The fourth-order valence-electron chi connectivity index (χ4n) is 1.25. The molecule has 0 aromatic carbocycles. The predicted molar refractivity (Wildman–Crippen MR) is 52.1 cm³/mol. The van der Waals surface area contributed by atoms with Gasteiger partial charge >= 0.3 is 5.97 Å². The van der Waals surface area contributed by atoms with Crippen LogP contribution in [0.25, 0.3) is 11.3 Å². The molecule has 0 aliphatic rings. The lowest BCUT2D eigenvalue weighted by Crippen LogP contribution is -2.06. The van der Waals surface area contributed by atoms with Gasteiger partial charge in [0, 0.05) is 18.0 Å². The van der Waals surface area contributed by atoms with Crippen LogP contribution in [-0.2, 0) is 4.74 Å². The van der Waals surface area contributed by atoms with E-state index in [4.69, 9.17) is 4.74 Å².